The van der Waals surface area contributed by atoms with Crippen LogP contribution in [0.5, 0.6) is 0 Å². The van der Waals surface area contributed by atoms with Crippen molar-refractivity contribution in [3.05, 3.63) is 35.5 Å². The van der Waals surface area contributed by atoms with Crippen LogP contribution in [0.1, 0.15) is 22.8 Å². The van der Waals surface area contributed by atoms with Crippen molar-refractivity contribution >= 4 is 16.7 Å². The van der Waals surface area contributed by atoms with Crippen LogP contribution in [0.4, 0.5) is 0 Å². The quantitative estimate of drug-likeness (QED) is 0.639. The van der Waals surface area contributed by atoms with Crippen LogP contribution in [0.15, 0.2) is 24.4 Å². The molecule has 0 saturated carbocycles. The molecule has 1 aromatic carbocycles. The molecule has 1 atom stereocenters. The third-order valence-corrected chi connectivity index (χ3v) is 3.33. The van der Waals surface area contributed by atoms with E-state index in [-0.39, 0.29) is 5.92 Å². The zero-order valence-electron chi connectivity index (χ0n) is 8.95. The lowest BCUT2D eigenvalue weighted by molar-refractivity contribution is 0.0927. The van der Waals surface area contributed by atoms with Gasteiger partial charge in [0.05, 0.1) is 0 Å². The Hall–Kier alpha value is -1.57. The Bertz CT molecular complexity index is 565. The molecule has 1 aliphatic carbocycles. The molecule has 0 radical (unpaired) electrons. The number of rotatable bonds is 0. The highest BCUT2D eigenvalue weighted by Gasteiger charge is 2.26. The van der Waals surface area contributed by atoms with Crippen LogP contribution in [0.3, 0.4) is 0 Å². The van der Waals surface area contributed by atoms with Crippen molar-refractivity contribution in [2.24, 2.45) is 13.0 Å². The van der Waals surface area contributed by atoms with Crippen LogP contribution in [0.2, 0.25) is 0 Å². The molecule has 0 N–H and O–H groups in total. The smallest absolute Gasteiger partial charge is 0.166 e. The molecular formula is C13H13NO. The zero-order valence-corrected chi connectivity index (χ0v) is 8.95. The SMILES string of the molecule is CC1Cc2cn(C)c3cccc(c23)C1=O. The first-order chi connectivity index (χ1) is 7.18. The molecule has 0 fully saturated rings. The molecule has 76 valence electrons. The molecule has 1 aliphatic rings. The lowest BCUT2D eigenvalue weighted by atomic mass is 9.85. The van der Waals surface area contributed by atoms with Crippen LogP contribution in [-0.2, 0) is 13.5 Å². The Balaban J connectivity index is 2.47. The van der Waals surface area contributed by atoms with Gasteiger partial charge >= 0.3 is 0 Å². The maximum atomic E-state index is 12.0. The van der Waals surface area contributed by atoms with Gasteiger partial charge in [0.2, 0.25) is 0 Å². The fraction of sp³-hybridized carbons (Fsp3) is 0.308. The second kappa shape index (κ2) is 2.72. The van der Waals surface area contributed by atoms with Crippen molar-refractivity contribution in [2.45, 2.75) is 13.3 Å². The molecule has 0 aliphatic heterocycles. The van der Waals surface area contributed by atoms with Gasteiger partial charge in [-0.15, -0.1) is 0 Å². The van der Waals surface area contributed by atoms with Gasteiger partial charge in [0.15, 0.2) is 5.78 Å². The van der Waals surface area contributed by atoms with Crippen molar-refractivity contribution in [3.63, 3.8) is 0 Å². The fourth-order valence-electron chi connectivity index (χ4n) is 2.59. The molecule has 1 aromatic heterocycles. The van der Waals surface area contributed by atoms with E-state index in [1.54, 1.807) is 0 Å². The number of ketones is 1. The van der Waals surface area contributed by atoms with Crippen LogP contribution < -0.4 is 0 Å². The third kappa shape index (κ3) is 1.02. The molecule has 15 heavy (non-hydrogen) atoms. The molecular weight excluding hydrogens is 186 g/mol. The minimum Gasteiger partial charge on any atom is -0.350 e. The number of carbonyl (C=O) groups is 1. The Morgan fingerprint density at radius 3 is 3.00 bits per heavy atom. The average Bonchev–Trinajstić information content (AvgIpc) is 2.54. The molecule has 2 heteroatoms. The number of hydrogen-bond acceptors (Lipinski definition) is 1. The van der Waals surface area contributed by atoms with Gasteiger partial charge in [0.25, 0.3) is 0 Å². The number of nitrogens with zero attached hydrogens (tertiary/aromatic N) is 1. The topological polar surface area (TPSA) is 22.0 Å². The number of aryl methyl sites for hydroxylation is 1. The Morgan fingerprint density at radius 2 is 2.20 bits per heavy atom. The molecule has 0 saturated heterocycles. The predicted octanol–water partition coefficient (Wildman–Crippen LogP) is 2.55. The normalized spacial score (nSPS) is 19.9. The highest BCUT2D eigenvalue weighted by atomic mass is 16.1. The average molecular weight is 199 g/mol. The Morgan fingerprint density at radius 1 is 1.40 bits per heavy atom. The van der Waals surface area contributed by atoms with Gasteiger partial charge < -0.3 is 4.57 Å². The number of aromatic nitrogens is 1. The van der Waals surface area contributed by atoms with E-state index < -0.39 is 0 Å². The summed E-state index contributed by atoms with van der Waals surface area (Å²) in [7, 11) is 2.04. The van der Waals surface area contributed by atoms with Crippen molar-refractivity contribution in [1.82, 2.24) is 4.57 Å². The van der Waals surface area contributed by atoms with Gasteiger partial charge in [-0.2, -0.15) is 0 Å². The molecule has 3 rings (SSSR count). The number of Topliss-reactive ketones (excluding diaryl/α,β-unsaturated/α-hetero) is 1. The molecule has 2 aromatic rings. The van der Waals surface area contributed by atoms with Crippen LogP contribution in [-0.4, -0.2) is 10.4 Å². The molecule has 1 heterocycles. The fourth-order valence-corrected chi connectivity index (χ4v) is 2.59. The number of benzene rings is 1. The molecule has 0 spiro atoms. The molecule has 0 bridgehead atoms. The monoisotopic (exact) mass is 199 g/mol. The standard InChI is InChI=1S/C13H13NO/c1-8-6-9-7-14(2)11-5-3-4-10(12(9)11)13(8)15/h3-5,7-8H,6H2,1-2H3. The first kappa shape index (κ1) is 8.72. The van der Waals surface area contributed by atoms with E-state index in [1.807, 2.05) is 26.1 Å². The van der Waals surface area contributed by atoms with Crippen molar-refractivity contribution in [3.8, 4) is 0 Å². The van der Waals surface area contributed by atoms with E-state index in [0.29, 0.717) is 5.78 Å². The summed E-state index contributed by atoms with van der Waals surface area (Å²) >= 11 is 0. The maximum absolute atomic E-state index is 12.0. The summed E-state index contributed by atoms with van der Waals surface area (Å²) in [6.45, 7) is 2.01. The minimum absolute atomic E-state index is 0.130. The van der Waals surface area contributed by atoms with Gasteiger partial charge in [0, 0.05) is 35.6 Å². The van der Waals surface area contributed by atoms with Crippen molar-refractivity contribution in [1.29, 1.82) is 0 Å². The van der Waals surface area contributed by atoms with E-state index >= 15 is 0 Å². The minimum atomic E-state index is 0.130. The van der Waals surface area contributed by atoms with E-state index in [4.69, 9.17) is 0 Å². The van der Waals surface area contributed by atoms with Crippen molar-refractivity contribution < 1.29 is 4.79 Å². The van der Waals surface area contributed by atoms with Gasteiger partial charge in [-0.05, 0) is 18.1 Å². The summed E-state index contributed by atoms with van der Waals surface area (Å²) in [5.41, 5.74) is 3.39. The van der Waals surface area contributed by atoms with E-state index in [0.717, 1.165) is 12.0 Å². The lowest BCUT2D eigenvalue weighted by Gasteiger charge is -2.17. The van der Waals surface area contributed by atoms with Crippen LogP contribution >= 0.6 is 0 Å². The first-order valence-electron chi connectivity index (χ1n) is 5.29. The van der Waals surface area contributed by atoms with Crippen molar-refractivity contribution in [2.75, 3.05) is 0 Å². The van der Waals surface area contributed by atoms with E-state index in [9.17, 15) is 4.79 Å². The van der Waals surface area contributed by atoms with Gasteiger partial charge in [0.1, 0.15) is 0 Å². The summed E-state index contributed by atoms with van der Waals surface area (Å²) in [6.07, 6.45) is 3.03. The largest absolute Gasteiger partial charge is 0.350 e. The third-order valence-electron chi connectivity index (χ3n) is 3.33. The Kier molecular flexibility index (Phi) is 1.58. The first-order valence-corrected chi connectivity index (χ1v) is 5.29. The second-order valence-electron chi connectivity index (χ2n) is 4.43. The van der Waals surface area contributed by atoms with E-state index in [1.165, 1.54) is 16.5 Å². The molecule has 0 amide bonds. The second-order valence-corrected chi connectivity index (χ2v) is 4.43. The lowest BCUT2D eigenvalue weighted by Crippen LogP contribution is -2.18. The van der Waals surface area contributed by atoms with Gasteiger partial charge in [-0.25, -0.2) is 0 Å². The zero-order chi connectivity index (χ0) is 10.6. The summed E-state index contributed by atoms with van der Waals surface area (Å²) < 4.78 is 2.11. The molecule has 2 nitrogen and oxygen atoms in total. The van der Waals surface area contributed by atoms with Crippen LogP contribution in [0.25, 0.3) is 10.9 Å². The highest BCUT2D eigenvalue weighted by molar-refractivity contribution is 6.11. The number of hydrogen-bond donors (Lipinski definition) is 0. The summed E-state index contributed by atoms with van der Waals surface area (Å²) in [5.74, 6) is 0.421. The summed E-state index contributed by atoms with van der Waals surface area (Å²) in [5, 5.41) is 1.17. The summed E-state index contributed by atoms with van der Waals surface area (Å²) in [6, 6.07) is 5.99. The summed E-state index contributed by atoms with van der Waals surface area (Å²) in [4.78, 5) is 12.0. The van der Waals surface area contributed by atoms with E-state index in [2.05, 4.69) is 16.8 Å². The highest BCUT2D eigenvalue weighted by Crippen LogP contribution is 2.32. The molecule has 1 unspecified atom stereocenters. The van der Waals surface area contributed by atoms with Gasteiger partial charge in [-0.1, -0.05) is 19.1 Å². The predicted molar refractivity (Wildman–Crippen MR) is 60.1 cm³/mol. The number of carbonyl (C=O) groups excluding carboxylic acids is 1. The van der Waals surface area contributed by atoms with Crippen LogP contribution in [0, 0.1) is 5.92 Å². The Labute approximate surface area is 88.5 Å². The van der Waals surface area contributed by atoms with Gasteiger partial charge in [-0.3, -0.25) is 4.79 Å². The maximum Gasteiger partial charge on any atom is 0.166 e.